The van der Waals surface area contributed by atoms with Gasteiger partial charge in [0.25, 0.3) is 0 Å². The number of rotatable bonds is 6. The lowest BCUT2D eigenvalue weighted by atomic mass is 10.00. The van der Waals surface area contributed by atoms with Crippen molar-refractivity contribution in [3.63, 3.8) is 0 Å². The summed E-state index contributed by atoms with van der Waals surface area (Å²) >= 11 is 1.71. The maximum Gasteiger partial charge on any atom is 0.186 e. The summed E-state index contributed by atoms with van der Waals surface area (Å²) in [4.78, 5) is 13.1. The van der Waals surface area contributed by atoms with Gasteiger partial charge in [0.1, 0.15) is 23.0 Å². The van der Waals surface area contributed by atoms with E-state index >= 15 is 0 Å². The average Bonchev–Trinajstić information content (AvgIpc) is 2.75. The highest BCUT2D eigenvalue weighted by Crippen LogP contribution is 2.31. The van der Waals surface area contributed by atoms with Crippen molar-refractivity contribution in [3.8, 4) is 23.0 Å². The summed E-state index contributed by atoms with van der Waals surface area (Å²) in [5, 5.41) is 0. The molecule has 0 radical (unpaired) electrons. The molecule has 29 heavy (non-hydrogen) atoms. The van der Waals surface area contributed by atoms with Crippen LogP contribution in [0.2, 0.25) is 0 Å². The Bertz CT molecular complexity index is 842. The van der Waals surface area contributed by atoms with Gasteiger partial charge in [0.15, 0.2) is 5.78 Å². The zero-order valence-electron chi connectivity index (χ0n) is 17.0. The van der Waals surface area contributed by atoms with Gasteiger partial charge in [-0.25, -0.2) is 0 Å². The molecule has 0 unspecified atom stereocenters. The third kappa shape index (κ3) is 5.15. The molecule has 0 aliphatic carbocycles. The lowest BCUT2D eigenvalue weighted by Crippen LogP contribution is -2.16. The zero-order chi connectivity index (χ0) is 20.8. The topological polar surface area (TPSA) is 54.0 Å². The van der Waals surface area contributed by atoms with Gasteiger partial charge in [-0.3, -0.25) is 4.79 Å². The third-order valence-electron chi connectivity index (χ3n) is 4.53. The second-order valence-corrected chi connectivity index (χ2v) is 7.44. The molecule has 0 aromatic heterocycles. The molecular weight excluding hydrogens is 388 g/mol. The standard InChI is InChI=1S/C23H24O5S/c1-25-19-7-15(8-20(11-19)26-2)5-17-13-29-14-18(23(17)24)6-16-9-21(27-3)12-22(10-16)28-4/h5-12H,13-14H2,1-4H3/b17-5-,18-6+. The molecule has 0 spiro atoms. The van der Waals surface area contributed by atoms with Gasteiger partial charge in [0.05, 0.1) is 28.4 Å². The highest BCUT2D eigenvalue weighted by atomic mass is 32.2. The van der Waals surface area contributed by atoms with E-state index in [1.54, 1.807) is 52.3 Å². The van der Waals surface area contributed by atoms with Crippen molar-refractivity contribution in [1.82, 2.24) is 0 Å². The van der Waals surface area contributed by atoms with Crippen LogP contribution in [0.25, 0.3) is 12.2 Å². The molecule has 1 heterocycles. The second kappa shape index (κ2) is 9.56. The lowest BCUT2D eigenvalue weighted by Gasteiger charge is -2.17. The first-order chi connectivity index (χ1) is 14.1. The van der Waals surface area contributed by atoms with Crippen molar-refractivity contribution in [2.45, 2.75) is 0 Å². The number of hydrogen-bond acceptors (Lipinski definition) is 6. The number of ketones is 1. The number of benzene rings is 2. The van der Waals surface area contributed by atoms with Crippen LogP contribution in [0.4, 0.5) is 0 Å². The third-order valence-corrected chi connectivity index (χ3v) is 5.56. The maximum atomic E-state index is 13.1. The predicted octanol–water partition coefficient (Wildman–Crippen LogP) is 4.50. The molecular formula is C23H24O5S. The van der Waals surface area contributed by atoms with Crippen molar-refractivity contribution < 1.29 is 23.7 Å². The molecule has 0 bridgehead atoms. The van der Waals surface area contributed by atoms with Crippen LogP contribution >= 0.6 is 11.8 Å². The van der Waals surface area contributed by atoms with E-state index in [2.05, 4.69) is 0 Å². The van der Waals surface area contributed by atoms with Gasteiger partial charge in [0, 0.05) is 34.8 Å². The van der Waals surface area contributed by atoms with Crippen LogP contribution < -0.4 is 18.9 Å². The molecule has 1 fully saturated rings. The summed E-state index contributed by atoms with van der Waals surface area (Å²) in [6.07, 6.45) is 3.80. The van der Waals surface area contributed by atoms with Crippen LogP contribution in [-0.4, -0.2) is 45.7 Å². The van der Waals surface area contributed by atoms with E-state index in [0.717, 1.165) is 22.3 Å². The smallest absolute Gasteiger partial charge is 0.186 e. The fourth-order valence-corrected chi connectivity index (χ4v) is 4.02. The number of carbonyl (C=O) groups is 1. The lowest BCUT2D eigenvalue weighted by molar-refractivity contribution is -0.112. The summed E-state index contributed by atoms with van der Waals surface area (Å²) in [6, 6.07) is 11.2. The minimum Gasteiger partial charge on any atom is -0.497 e. The molecule has 152 valence electrons. The van der Waals surface area contributed by atoms with Gasteiger partial charge in [-0.05, 0) is 47.5 Å². The predicted molar refractivity (Wildman–Crippen MR) is 117 cm³/mol. The van der Waals surface area contributed by atoms with E-state index in [1.165, 1.54) is 0 Å². The van der Waals surface area contributed by atoms with Gasteiger partial charge >= 0.3 is 0 Å². The first kappa shape index (κ1) is 20.9. The van der Waals surface area contributed by atoms with E-state index in [9.17, 15) is 4.79 Å². The SMILES string of the molecule is COc1cc(/C=C2\CSC/C(=C/c3cc(OC)cc(OC)c3)C2=O)cc(OC)c1. The second-order valence-electron chi connectivity index (χ2n) is 6.45. The Labute approximate surface area is 175 Å². The average molecular weight is 413 g/mol. The Morgan fingerprint density at radius 1 is 0.655 bits per heavy atom. The van der Waals surface area contributed by atoms with E-state index in [0.29, 0.717) is 34.5 Å². The van der Waals surface area contributed by atoms with Crippen molar-refractivity contribution in [2.24, 2.45) is 0 Å². The normalized spacial score (nSPS) is 16.8. The number of methoxy groups -OCH3 is 4. The summed E-state index contributed by atoms with van der Waals surface area (Å²) in [7, 11) is 6.43. The fourth-order valence-electron chi connectivity index (χ4n) is 3.05. The minimum absolute atomic E-state index is 0.0484. The molecule has 2 aromatic rings. The van der Waals surface area contributed by atoms with Gasteiger partial charge in [-0.15, -0.1) is 0 Å². The van der Waals surface area contributed by atoms with E-state index in [1.807, 2.05) is 36.4 Å². The molecule has 1 saturated heterocycles. The number of thioether (sulfide) groups is 1. The molecule has 2 aromatic carbocycles. The van der Waals surface area contributed by atoms with Crippen LogP contribution in [0.5, 0.6) is 23.0 Å². The van der Waals surface area contributed by atoms with Gasteiger partial charge < -0.3 is 18.9 Å². The summed E-state index contributed by atoms with van der Waals surface area (Å²) in [5.74, 6) is 4.12. The first-order valence-electron chi connectivity index (χ1n) is 9.06. The summed E-state index contributed by atoms with van der Waals surface area (Å²) in [5.41, 5.74) is 3.24. The Kier molecular flexibility index (Phi) is 6.88. The Morgan fingerprint density at radius 2 is 1.00 bits per heavy atom. The molecule has 0 atom stereocenters. The number of hydrogen-bond donors (Lipinski definition) is 0. The van der Waals surface area contributed by atoms with Crippen molar-refractivity contribution in [2.75, 3.05) is 39.9 Å². The van der Waals surface area contributed by atoms with Crippen LogP contribution in [0.15, 0.2) is 47.5 Å². The number of ether oxygens (including phenoxy) is 4. The van der Waals surface area contributed by atoms with Crippen molar-refractivity contribution in [1.29, 1.82) is 0 Å². The largest absolute Gasteiger partial charge is 0.497 e. The van der Waals surface area contributed by atoms with Crippen LogP contribution in [0, 0.1) is 0 Å². The quantitative estimate of drug-likeness (QED) is 0.651. The molecule has 0 amide bonds. The van der Waals surface area contributed by atoms with Crippen LogP contribution in [0.1, 0.15) is 11.1 Å². The Morgan fingerprint density at radius 3 is 1.31 bits per heavy atom. The fraction of sp³-hybridized carbons (Fsp3) is 0.261. The van der Waals surface area contributed by atoms with Crippen LogP contribution in [-0.2, 0) is 4.79 Å². The van der Waals surface area contributed by atoms with Gasteiger partial charge in [-0.2, -0.15) is 11.8 Å². The van der Waals surface area contributed by atoms with Crippen molar-refractivity contribution >= 4 is 29.7 Å². The van der Waals surface area contributed by atoms with Crippen molar-refractivity contribution in [3.05, 3.63) is 58.7 Å². The van der Waals surface area contributed by atoms with E-state index in [-0.39, 0.29) is 5.78 Å². The highest BCUT2D eigenvalue weighted by molar-refractivity contribution is 7.99. The molecule has 5 nitrogen and oxygen atoms in total. The first-order valence-corrected chi connectivity index (χ1v) is 10.2. The molecule has 0 saturated carbocycles. The summed E-state index contributed by atoms with van der Waals surface area (Å²) in [6.45, 7) is 0. The van der Waals surface area contributed by atoms with Gasteiger partial charge in [-0.1, -0.05) is 0 Å². The number of Topliss-reactive ketones (excluding diaryl/α,β-unsaturated/α-hetero) is 1. The number of carbonyl (C=O) groups excluding carboxylic acids is 1. The molecule has 6 heteroatoms. The zero-order valence-corrected chi connectivity index (χ0v) is 17.8. The van der Waals surface area contributed by atoms with Crippen LogP contribution in [0.3, 0.4) is 0 Å². The van der Waals surface area contributed by atoms with E-state index in [4.69, 9.17) is 18.9 Å². The molecule has 0 N–H and O–H groups in total. The molecule has 1 aliphatic heterocycles. The maximum absolute atomic E-state index is 13.1. The highest BCUT2D eigenvalue weighted by Gasteiger charge is 2.21. The Hall–Kier alpha value is -2.86. The summed E-state index contributed by atoms with van der Waals surface area (Å²) < 4.78 is 21.3. The molecule has 1 aliphatic rings. The minimum atomic E-state index is 0.0484. The molecule has 3 rings (SSSR count). The van der Waals surface area contributed by atoms with Gasteiger partial charge in [0.2, 0.25) is 0 Å². The monoisotopic (exact) mass is 412 g/mol. The van der Waals surface area contributed by atoms with E-state index < -0.39 is 0 Å². The Balaban J connectivity index is 1.93.